The summed E-state index contributed by atoms with van der Waals surface area (Å²) in [4.78, 5) is 23.4. The van der Waals surface area contributed by atoms with Crippen molar-refractivity contribution in [2.45, 2.75) is 32.7 Å². The maximum absolute atomic E-state index is 11.7. The number of ether oxygens (including phenoxy) is 1. The second kappa shape index (κ2) is 5.49. The van der Waals surface area contributed by atoms with Gasteiger partial charge in [-0.1, -0.05) is 0 Å². The molecule has 0 heterocycles. The molecule has 1 fully saturated rings. The van der Waals surface area contributed by atoms with Crippen LogP contribution in [0.2, 0.25) is 0 Å². The van der Waals surface area contributed by atoms with Gasteiger partial charge < -0.3 is 15.4 Å². The molecular formula is C12H22N2O3. The molecule has 2 amide bonds. The van der Waals surface area contributed by atoms with Gasteiger partial charge in [0.1, 0.15) is 0 Å². The minimum absolute atomic E-state index is 0.0237. The summed E-state index contributed by atoms with van der Waals surface area (Å²) in [6.45, 7) is 6.79. The predicted molar refractivity (Wildman–Crippen MR) is 64.4 cm³/mol. The van der Waals surface area contributed by atoms with E-state index in [4.69, 9.17) is 4.74 Å². The van der Waals surface area contributed by atoms with Crippen LogP contribution in [0.15, 0.2) is 0 Å². The van der Waals surface area contributed by atoms with Crippen LogP contribution in [0.4, 0.5) is 0 Å². The molecule has 2 N–H and O–H groups in total. The summed E-state index contributed by atoms with van der Waals surface area (Å²) in [6.07, 6.45) is 0.654. The molecule has 0 saturated heterocycles. The smallest absolute Gasteiger partial charge is 0.224 e. The summed E-state index contributed by atoms with van der Waals surface area (Å²) in [5.74, 6) is -0.383. The van der Waals surface area contributed by atoms with Crippen molar-refractivity contribution in [1.82, 2.24) is 10.6 Å². The molecular weight excluding hydrogens is 220 g/mol. The van der Waals surface area contributed by atoms with Gasteiger partial charge in [-0.3, -0.25) is 9.59 Å². The lowest BCUT2D eigenvalue weighted by molar-refractivity contribution is -0.128. The molecule has 1 saturated carbocycles. The summed E-state index contributed by atoms with van der Waals surface area (Å²) in [7, 11) is 1.59. The zero-order valence-corrected chi connectivity index (χ0v) is 11.0. The first-order valence-corrected chi connectivity index (χ1v) is 5.94. The standard InChI is InChI=1S/C12H22N2O3/c1-12(2,3)14-11(16)9-7-8(9)10(15)13-5-6-17-4/h8-9H,5-7H2,1-4H3,(H,13,15)(H,14,16). The number of nitrogens with one attached hydrogen (secondary N) is 2. The minimum Gasteiger partial charge on any atom is -0.383 e. The van der Waals surface area contributed by atoms with Gasteiger partial charge in [-0.15, -0.1) is 0 Å². The Morgan fingerprint density at radius 2 is 1.82 bits per heavy atom. The number of carbonyl (C=O) groups excluding carboxylic acids is 2. The predicted octanol–water partition coefficient (Wildman–Crippen LogP) is 0.300. The number of methoxy groups -OCH3 is 1. The molecule has 2 atom stereocenters. The van der Waals surface area contributed by atoms with Crippen molar-refractivity contribution in [2.24, 2.45) is 11.8 Å². The van der Waals surface area contributed by atoms with Gasteiger partial charge in [0.05, 0.1) is 18.4 Å². The van der Waals surface area contributed by atoms with E-state index >= 15 is 0 Å². The quantitative estimate of drug-likeness (QED) is 0.681. The molecule has 1 rings (SSSR count). The second-order valence-corrected chi connectivity index (χ2v) is 5.47. The fourth-order valence-electron chi connectivity index (χ4n) is 1.64. The van der Waals surface area contributed by atoms with E-state index in [0.29, 0.717) is 19.6 Å². The van der Waals surface area contributed by atoms with E-state index in [1.165, 1.54) is 0 Å². The molecule has 2 unspecified atom stereocenters. The first-order valence-electron chi connectivity index (χ1n) is 5.94. The number of hydrogen-bond donors (Lipinski definition) is 2. The highest BCUT2D eigenvalue weighted by Crippen LogP contribution is 2.39. The number of hydrogen-bond acceptors (Lipinski definition) is 3. The molecule has 1 aliphatic rings. The van der Waals surface area contributed by atoms with E-state index in [2.05, 4.69) is 10.6 Å². The Bertz CT molecular complexity index is 297. The van der Waals surface area contributed by atoms with Crippen LogP contribution in [-0.4, -0.2) is 37.6 Å². The Balaban J connectivity index is 2.28. The summed E-state index contributed by atoms with van der Waals surface area (Å²) in [5, 5.41) is 5.64. The fraction of sp³-hybridized carbons (Fsp3) is 0.833. The van der Waals surface area contributed by atoms with Crippen LogP contribution in [-0.2, 0) is 14.3 Å². The molecule has 0 radical (unpaired) electrons. The Morgan fingerprint density at radius 3 is 2.35 bits per heavy atom. The third-order valence-corrected chi connectivity index (χ3v) is 2.57. The summed E-state index contributed by atoms with van der Waals surface area (Å²) in [5.41, 5.74) is -0.239. The van der Waals surface area contributed by atoms with Crippen LogP contribution in [0.5, 0.6) is 0 Å². The Hall–Kier alpha value is -1.10. The maximum Gasteiger partial charge on any atom is 0.224 e. The maximum atomic E-state index is 11.7. The van der Waals surface area contributed by atoms with E-state index in [0.717, 1.165) is 0 Å². The van der Waals surface area contributed by atoms with Crippen LogP contribution in [0.3, 0.4) is 0 Å². The number of carbonyl (C=O) groups is 2. The lowest BCUT2D eigenvalue weighted by Crippen LogP contribution is -2.42. The van der Waals surface area contributed by atoms with Crippen LogP contribution >= 0.6 is 0 Å². The highest BCUT2D eigenvalue weighted by Gasteiger charge is 2.48. The largest absolute Gasteiger partial charge is 0.383 e. The monoisotopic (exact) mass is 242 g/mol. The topological polar surface area (TPSA) is 67.4 Å². The molecule has 0 aromatic rings. The van der Waals surface area contributed by atoms with Gasteiger partial charge in [0.15, 0.2) is 0 Å². The minimum atomic E-state index is -0.239. The lowest BCUT2D eigenvalue weighted by atomic mass is 10.1. The molecule has 17 heavy (non-hydrogen) atoms. The van der Waals surface area contributed by atoms with Gasteiger partial charge in [-0.25, -0.2) is 0 Å². The van der Waals surface area contributed by atoms with Gasteiger partial charge in [0.2, 0.25) is 11.8 Å². The zero-order valence-electron chi connectivity index (χ0n) is 11.0. The second-order valence-electron chi connectivity index (χ2n) is 5.47. The van der Waals surface area contributed by atoms with Crippen molar-refractivity contribution >= 4 is 11.8 Å². The molecule has 0 spiro atoms. The van der Waals surface area contributed by atoms with Crippen molar-refractivity contribution < 1.29 is 14.3 Å². The summed E-state index contributed by atoms with van der Waals surface area (Å²) < 4.78 is 4.84. The van der Waals surface area contributed by atoms with Crippen molar-refractivity contribution in [3.63, 3.8) is 0 Å². The zero-order chi connectivity index (χ0) is 13.1. The molecule has 0 aliphatic heterocycles. The summed E-state index contributed by atoms with van der Waals surface area (Å²) >= 11 is 0. The van der Waals surface area contributed by atoms with E-state index < -0.39 is 0 Å². The van der Waals surface area contributed by atoms with Gasteiger partial charge in [-0.05, 0) is 27.2 Å². The van der Waals surface area contributed by atoms with Crippen LogP contribution in [0.1, 0.15) is 27.2 Å². The SMILES string of the molecule is COCCNC(=O)C1CC1C(=O)NC(C)(C)C. The van der Waals surface area contributed by atoms with E-state index in [1.54, 1.807) is 7.11 Å². The van der Waals surface area contributed by atoms with Crippen LogP contribution in [0, 0.1) is 11.8 Å². The fourth-order valence-corrected chi connectivity index (χ4v) is 1.64. The number of amides is 2. The molecule has 5 heteroatoms. The average Bonchev–Trinajstić information content (AvgIpc) is 2.94. The van der Waals surface area contributed by atoms with Gasteiger partial charge in [0, 0.05) is 19.2 Å². The normalized spacial score (nSPS) is 23.1. The van der Waals surface area contributed by atoms with Crippen molar-refractivity contribution in [1.29, 1.82) is 0 Å². The third-order valence-electron chi connectivity index (χ3n) is 2.57. The van der Waals surface area contributed by atoms with Crippen LogP contribution in [0.25, 0.3) is 0 Å². The van der Waals surface area contributed by atoms with Crippen LogP contribution < -0.4 is 10.6 Å². The van der Waals surface area contributed by atoms with Crippen molar-refractivity contribution in [2.75, 3.05) is 20.3 Å². The first kappa shape index (κ1) is 14.0. The highest BCUT2D eigenvalue weighted by atomic mass is 16.5. The number of rotatable bonds is 5. The van der Waals surface area contributed by atoms with Gasteiger partial charge >= 0.3 is 0 Å². The van der Waals surface area contributed by atoms with Gasteiger partial charge in [0.25, 0.3) is 0 Å². The molecule has 1 aliphatic carbocycles. The molecule has 0 bridgehead atoms. The van der Waals surface area contributed by atoms with E-state index in [9.17, 15) is 9.59 Å². The molecule has 0 aromatic carbocycles. The molecule has 98 valence electrons. The van der Waals surface area contributed by atoms with Crippen molar-refractivity contribution in [3.05, 3.63) is 0 Å². The van der Waals surface area contributed by atoms with Crippen molar-refractivity contribution in [3.8, 4) is 0 Å². The summed E-state index contributed by atoms with van der Waals surface area (Å²) in [6, 6.07) is 0. The Morgan fingerprint density at radius 1 is 1.24 bits per heavy atom. The molecule has 5 nitrogen and oxygen atoms in total. The first-order chi connectivity index (χ1) is 7.85. The highest BCUT2D eigenvalue weighted by molar-refractivity contribution is 5.92. The average molecular weight is 242 g/mol. The molecule has 0 aromatic heterocycles. The van der Waals surface area contributed by atoms with E-state index in [-0.39, 0.29) is 29.2 Å². The van der Waals surface area contributed by atoms with Gasteiger partial charge in [-0.2, -0.15) is 0 Å². The lowest BCUT2D eigenvalue weighted by Gasteiger charge is -2.20. The van der Waals surface area contributed by atoms with E-state index in [1.807, 2.05) is 20.8 Å². The Kier molecular flexibility index (Phi) is 4.51. The third kappa shape index (κ3) is 4.73. The Labute approximate surface area is 102 Å².